The van der Waals surface area contributed by atoms with Crippen molar-refractivity contribution in [3.8, 4) is 0 Å². The Balaban J connectivity index is 1.77. The maximum absolute atomic E-state index is 11.7. The van der Waals surface area contributed by atoms with E-state index in [0.717, 1.165) is 12.0 Å². The van der Waals surface area contributed by atoms with Crippen molar-refractivity contribution in [2.24, 2.45) is 0 Å². The molecule has 1 aromatic carbocycles. The molecule has 0 unspecified atom stereocenters. The number of carbonyl (C=O) groups excluding carboxylic acids is 1. The molecule has 0 atom stereocenters. The van der Waals surface area contributed by atoms with Gasteiger partial charge in [0.2, 0.25) is 0 Å². The minimum atomic E-state index is -0.106. The second kappa shape index (κ2) is 17.1. The third-order valence-corrected chi connectivity index (χ3v) is 4.95. The van der Waals surface area contributed by atoms with Gasteiger partial charge in [-0.2, -0.15) is 0 Å². The maximum Gasteiger partial charge on any atom is 0.310 e. The Kier molecular flexibility index (Phi) is 15.0. The molecule has 1 aromatic rings. The van der Waals surface area contributed by atoms with Crippen LogP contribution in [0.1, 0.15) is 102 Å². The van der Waals surface area contributed by atoms with E-state index in [1.165, 1.54) is 83.5 Å². The molecule has 0 bridgehead atoms. The zero-order valence-electron chi connectivity index (χ0n) is 17.0. The summed E-state index contributed by atoms with van der Waals surface area (Å²) in [7, 11) is 0. The number of hydrogen-bond acceptors (Lipinski definition) is 2. The van der Waals surface area contributed by atoms with E-state index in [9.17, 15) is 4.79 Å². The lowest BCUT2D eigenvalue weighted by Gasteiger charge is -2.05. The minimum Gasteiger partial charge on any atom is -0.465 e. The summed E-state index contributed by atoms with van der Waals surface area (Å²) in [5.74, 6) is -0.106. The summed E-state index contributed by atoms with van der Waals surface area (Å²) in [6, 6.07) is 9.80. The zero-order chi connectivity index (χ0) is 18.7. The zero-order valence-corrected chi connectivity index (χ0v) is 17.0. The maximum atomic E-state index is 11.7. The fraction of sp³-hybridized carbons (Fsp3) is 0.708. The van der Waals surface area contributed by atoms with Crippen LogP contribution in [-0.2, 0) is 16.0 Å². The first-order chi connectivity index (χ1) is 12.8. The number of unbranched alkanes of at least 4 members (excludes halogenated alkanes) is 13. The van der Waals surface area contributed by atoms with E-state index in [0.29, 0.717) is 13.0 Å². The molecule has 0 saturated carbocycles. The van der Waals surface area contributed by atoms with E-state index in [-0.39, 0.29) is 5.97 Å². The number of rotatable bonds is 17. The highest BCUT2D eigenvalue weighted by molar-refractivity contribution is 5.72. The highest BCUT2D eigenvalue weighted by Gasteiger charge is 2.03. The lowest BCUT2D eigenvalue weighted by molar-refractivity contribution is -0.142. The monoisotopic (exact) mass is 360 g/mol. The predicted molar refractivity (Wildman–Crippen MR) is 111 cm³/mol. The molecule has 0 fully saturated rings. The number of ether oxygens (including phenoxy) is 1. The number of benzene rings is 1. The molecule has 2 heteroatoms. The molecule has 1 rings (SSSR count). The molecule has 0 radical (unpaired) electrons. The third kappa shape index (κ3) is 13.9. The summed E-state index contributed by atoms with van der Waals surface area (Å²) in [6.07, 6.45) is 19.2. The Morgan fingerprint density at radius 2 is 1.15 bits per heavy atom. The highest BCUT2D eigenvalue weighted by Crippen LogP contribution is 2.13. The first-order valence-electron chi connectivity index (χ1n) is 11.0. The van der Waals surface area contributed by atoms with Gasteiger partial charge >= 0.3 is 5.97 Å². The molecule has 2 nitrogen and oxygen atoms in total. The average Bonchev–Trinajstić information content (AvgIpc) is 2.65. The van der Waals surface area contributed by atoms with Gasteiger partial charge in [-0.3, -0.25) is 4.79 Å². The molecule has 0 N–H and O–H groups in total. The fourth-order valence-corrected chi connectivity index (χ4v) is 3.30. The molecule has 0 amide bonds. The smallest absolute Gasteiger partial charge is 0.310 e. The van der Waals surface area contributed by atoms with Gasteiger partial charge in [-0.15, -0.1) is 0 Å². The largest absolute Gasteiger partial charge is 0.465 e. The Hall–Kier alpha value is -1.31. The lowest BCUT2D eigenvalue weighted by Crippen LogP contribution is -2.08. The average molecular weight is 361 g/mol. The van der Waals surface area contributed by atoms with Crippen molar-refractivity contribution in [2.45, 2.75) is 103 Å². The Bertz CT molecular complexity index is 427. The summed E-state index contributed by atoms with van der Waals surface area (Å²) in [5, 5.41) is 0. The van der Waals surface area contributed by atoms with Gasteiger partial charge in [-0.05, 0) is 12.0 Å². The van der Waals surface area contributed by atoms with E-state index < -0.39 is 0 Å². The van der Waals surface area contributed by atoms with E-state index in [1.54, 1.807) is 0 Å². The van der Waals surface area contributed by atoms with Crippen molar-refractivity contribution in [3.05, 3.63) is 35.9 Å². The van der Waals surface area contributed by atoms with Gasteiger partial charge in [0.1, 0.15) is 0 Å². The molecule has 0 heterocycles. The van der Waals surface area contributed by atoms with E-state index in [4.69, 9.17) is 4.74 Å². The van der Waals surface area contributed by atoms with Crippen molar-refractivity contribution in [2.75, 3.05) is 6.61 Å². The van der Waals surface area contributed by atoms with Crippen LogP contribution >= 0.6 is 0 Å². The molecular weight excluding hydrogens is 320 g/mol. The van der Waals surface area contributed by atoms with Gasteiger partial charge in [0.05, 0.1) is 13.0 Å². The van der Waals surface area contributed by atoms with Gasteiger partial charge in [-0.25, -0.2) is 0 Å². The first-order valence-corrected chi connectivity index (χ1v) is 11.0. The summed E-state index contributed by atoms with van der Waals surface area (Å²) in [4.78, 5) is 11.7. The van der Waals surface area contributed by atoms with Crippen molar-refractivity contribution < 1.29 is 9.53 Å². The standard InChI is InChI=1S/C24H40O2/c1-2-3-4-5-6-7-8-9-10-11-12-13-14-18-21-26-24(25)22-23-19-16-15-17-20-23/h15-17,19-20H,2-14,18,21-22H2,1H3. The van der Waals surface area contributed by atoms with Gasteiger partial charge < -0.3 is 4.74 Å². The molecule has 0 aromatic heterocycles. The Morgan fingerprint density at radius 3 is 1.65 bits per heavy atom. The number of carbonyl (C=O) groups is 1. The van der Waals surface area contributed by atoms with Crippen molar-refractivity contribution in [1.29, 1.82) is 0 Å². The Morgan fingerprint density at radius 1 is 0.692 bits per heavy atom. The van der Waals surface area contributed by atoms with Crippen molar-refractivity contribution >= 4 is 5.97 Å². The SMILES string of the molecule is CCCCCCCCCCCCCCCCOC(=O)Cc1ccccc1. The van der Waals surface area contributed by atoms with E-state index in [1.807, 2.05) is 30.3 Å². The van der Waals surface area contributed by atoms with Crippen LogP contribution in [-0.4, -0.2) is 12.6 Å². The van der Waals surface area contributed by atoms with Crippen LogP contribution in [0.3, 0.4) is 0 Å². The number of esters is 1. The fourth-order valence-electron chi connectivity index (χ4n) is 3.30. The second-order valence-electron chi connectivity index (χ2n) is 7.48. The molecule has 0 saturated heterocycles. The molecule has 26 heavy (non-hydrogen) atoms. The highest BCUT2D eigenvalue weighted by atomic mass is 16.5. The normalized spacial score (nSPS) is 10.8. The van der Waals surface area contributed by atoms with Crippen LogP contribution in [0.15, 0.2) is 30.3 Å². The van der Waals surface area contributed by atoms with E-state index in [2.05, 4.69) is 6.92 Å². The summed E-state index contributed by atoms with van der Waals surface area (Å²) in [6.45, 7) is 2.85. The van der Waals surface area contributed by atoms with Crippen LogP contribution in [0, 0.1) is 0 Å². The summed E-state index contributed by atoms with van der Waals surface area (Å²) < 4.78 is 5.31. The van der Waals surface area contributed by atoms with Crippen LogP contribution in [0.4, 0.5) is 0 Å². The summed E-state index contributed by atoms with van der Waals surface area (Å²) in [5.41, 5.74) is 1.03. The molecule has 0 spiro atoms. The quantitative estimate of drug-likeness (QED) is 0.216. The minimum absolute atomic E-state index is 0.106. The second-order valence-corrected chi connectivity index (χ2v) is 7.48. The molecule has 148 valence electrons. The molecular formula is C24H40O2. The predicted octanol–water partition coefficient (Wildman–Crippen LogP) is 7.25. The molecule has 0 aliphatic heterocycles. The molecule has 0 aliphatic rings. The van der Waals surface area contributed by atoms with Crippen LogP contribution in [0.5, 0.6) is 0 Å². The Labute approximate surface area is 161 Å². The van der Waals surface area contributed by atoms with Gasteiger partial charge in [-0.1, -0.05) is 121 Å². The summed E-state index contributed by atoms with van der Waals surface area (Å²) >= 11 is 0. The lowest BCUT2D eigenvalue weighted by atomic mass is 10.0. The van der Waals surface area contributed by atoms with Crippen LogP contribution in [0.2, 0.25) is 0 Å². The van der Waals surface area contributed by atoms with Gasteiger partial charge in [0.25, 0.3) is 0 Å². The van der Waals surface area contributed by atoms with Crippen LogP contribution in [0.25, 0.3) is 0 Å². The topological polar surface area (TPSA) is 26.3 Å². The van der Waals surface area contributed by atoms with Crippen molar-refractivity contribution in [3.63, 3.8) is 0 Å². The molecule has 0 aliphatic carbocycles. The van der Waals surface area contributed by atoms with Crippen LogP contribution < -0.4 is 0 Å². The third-order valence-electron chi connectivity index (χ3n) is 4.95. The number of hydrogen-bond donors (Lipinski definition) is 0. The van der Waals surface area contributed by atoms with Gasteiger partial charge in [0.15, 0.2) is 0 Å². The van der Waals surface area contributed by atoms with E-state index >= 15 is 0 Å². The first kappa shape index (κ1) is 22.7. The van der Waals surface area contributed by atoms with Crippen molar-refractivity contribution in [1.82, 2.24) is 0 Å². The van der Waals surface area contributed by atoms with Gasteiger partial charge in [0, 0.05) is 0 Å².